The molecule has 1 heterocycles. The molecule has 0 aliphatic rings. The van der Waals surface area contributed by atoms with E-state index in [1.807, 2.05) is 7.05 Å². The van der Waals surface area contributed by atoms with Gasteiger partial charge in [0, 0.05) is 31.0 Å². The summed E-state index contributed by atoms with van der Waals surface area (Å²) in [5.74, 6) is 0. The largest absolute Gasteiger partial charge is 0.388 e. The quantitative estimate of drug-likeness (QED) is 0.733. The summed E-state index contributed by atoms with van der Waals surface area (Å²) >= 11 is 0. The maximum Gasteiger partial charge on any atom is 0.0496 e. The third-order valence-electron chi connectivity index (χ3n) is 3.31. The molecule has 0 bridgehead atoms. The molecule has 1 N–H and O–H groups in total. The fourth-order valence-electron chi connectivity index (χ4n) is 2.36. The normalized spacial score (nSPS) is 10.7. The Balaban J connectivity index is 2.01. The predicted molar refractivity (Wildman–Crippen MR) is 77.0 cm³/mol. The maximum atomic E-state index is 3.24. The maximum absolute atomic E-state index is 3.24. The summed E-state index contributed by atoms with van der Waals surface area (Å²) in [6.07, 6.45) is 2.15. The Hall–Kier alpha value is -2.22. The Morgan fingerprint density at radius 1 is 0.944 bits per heavy atom. The minimum absolute atomic E-state index is 0.893. The number of aromatic nitrogens is 1. The average molecular weight is 236 g/mol. The van der Waals surface area contributed by atoms with Gasteiger partial charge in [-0.2, -0.15) is 0 Å². The van der Waals surface area contributed by atoms with E-state index in [1.54, 1.807) is 0 Å². The Bertz CT molecular complexity index is 667. The van der Waals surface area contributed by atoms with Gasteiger partial charge < -0.3 is 9.88 Å². The van der Waals surface area contributed by atoms with Gasteiger partial charge in [0.1, 0.15) is 0 Å². The van der Waals surface area contributed by atoms with Crippen molar-refractivity contribution in [3.63, 3.8) is 0 Å². The van der Waals surface area contributed by atoms with E-state index in [2.05, 4.69) is 70.7 Å². The molecule has 90 valence electrons. The zero-order valence-corrected chi connectivity index (χ0v) is 10.4. The van der Waals surface area contributed by atoms with Gasteiger partial charge in [-0.1, -0.05) is 36.4 Å². The van der Waals surface area contributed by atoms with Crippen LogP contribution in [0.1, 0.15) is 5.56 Å². The molecule has 0 spiro atoms. The molecule has 1 aromatic heterocycles. The first-order chi connectivity index (χ1) is 8.88. The first kappa shape index (κ1) is 10.9. The molecule has 2 heteroatoms. The molecule has 2 aromatic carbocycles. The van der Waals surface area contributed by atoms with Crippen LogP contribution in [0.25, 0.3) is 10.9 Å². The van der Waals surface area contributed by atoms with E-state index in [1.165, 1.54) is 22.2 Å². The van der Waals surface area contributed by atoms with Gasteiger partial charge in [0.05, 0.1) is 0 Å². The van der Waals surface area contributed by atoms with Crippen LogP contribution in [0.5, 0.6) is 0 Å². The summed E-state index contributed by atoms with van der Waals surface area (Å²) in [5.41, 5.74) is 3.78. The number of para-hydroxylation sites is 2. The standard InChI is InChI=1S/C16H16N2/c1-17-15-8-4-2-7-14(15)12-18-11-10-13-6-3-5-9-16(13)18/h2-11,17H,12H2,1H3. The van der Waals surface area contributed by atoms with E-state index >= 15 is 0 Å². The lowest BCUT2D eigenvalue weighted by Crippen LogP contribution is -2.01. The van der Waals surface area contributed by atoms with Crippen LogP contribution in [-0.2, 0) is 6.54 Å². The Labute approximate surface area is 107 Å². The molecule has 0 saturated heterocycles. The molecular weight excluding hydrogens is 220 g/mol. The van der Waals surface area contributed by atoms with Crippen molar-refractivity contribution in [3.8, 4) is 0 Å². The Kier molecular flexibility index (Phi) is 2.77. The molecule has 0 aliphatic heterocycles. The van der Waals surface area contributed by atoms with Crippen molar-refractivity contribution in [1.29, 1.82) is 0 Å². The van der Waals surface area contributed by atoms with Gasteiger partial charge in [0.2, 0.25) is 0 Å². The summed E-state index contributed by atoms with van der Waals surface area (Å²) in [6.45, 7) is 0.893. The number of hydrogen-bond donors (Lipinski definition) is 1. The van der Waals surface area contributed by atoms with Gasteiger partial charge in [-0.15, -0.1) is 0 Å². The molecular formula is C16H16N2. The summed E-state index contributed by atoms with van der Waals surface area (Å²) < 4.78 is 2.28. The van der Waals surface area contributed by atoms with Gasteiger partial charge in [-0.25, -0.2) is 0 Å². The number of benzene rings is 2. The summed E-state index contributed by atoms with van der Waals surface area (Å²) in [6, 6.07) is 19.1. The zero-order valence-electron chi connectivity index (χ0n) is 10.4. The highest BCUT2D eigenvalue weighted by atomic mass is 15.0. The number of fused-ring (bicyclic) bond motifs is 1. The van der Waals surface area contributed by atoms with Crippen molar-refractivity contribution in [3.05, 3.63) is 66.4 Å². The predicted octanol–water partition coefficient (Wildman–Crippen LogP) is 3.73. The van der Waals surface area contributed by atoms with Crippen LogP contribution in [0.2, 0.25) is 0 Å². The zero-order chi connectivity index (χ0) is 12.4. The minimum atomic E-state index is 0.893. The van der Waals surface area contributed by atoms with Crippen molar-refractivity contribution in [2.24, 2.45) is 0 Å². The first-order valence-corrected chi connectivity index (χ1v) is 6.18. The van der Waals surface area contributed by atoms with Gasteiger partial charge in [-0.3, -0.25) is 0 Å². The first-order valence-electron chi connectivity index (χ1n) is 6.18. The van der Waals surface area contributed by atoms with Gasteiger partial charge >= 0.3 is 0 Å². The summed E-state index contributed by atoms with van der Waals surface area (Å²) in [7, 11) is 1.96. The van der Waals surface area contributed by atoms with E-state index in [-0.39, 0.29) is 0 Å². The molecule has 0 radical (unpaired) electrons. The Morgan fingerprint density at radius 2 is 1.72 bits per heavy atom. The number of hydrogen-bond acceptors (Lipinski definition) is 1. The minimum Gasteiger partial charge on any atom is -0.388 e. The third kappa shape index (κ3) is 1.86. The van der Waals surface area contributed by atoms with Crippen LogP contribution in [0.15, 0.2) is 60.8 Å². The van der Waals surface area contributed by atoms with Gasteiger partial charge in [-0.05, 0) is 29.1 Å². The van der Waals surface area contributed by atoms with E-state index < -0.39 is 0 Å². The topological polar surface area (TPSA) is 17.0 Å². The van der Waals surface area contributed by atoms with E-state index in [0.29, 0.717) is 0 Å². The lowest BCUT2D eigenvalue weighted by Gasteiger charge is -2.10. The smallest absolute Gasteiger partial charge is 0.0496 e. The SMILES string of the molecule is CNc1ccccc1Cn1ccc2ccccc21. The van der Waals surface area contributed by atoms with Crippen LogP contribution in [-0.4, -0.2) is 11.6 Å². The van der Waals surface area contributed by atoms with Crippen LogP contribution >= 0.6 is 0 Å². The molecule has 2 nitrogen and oxygen atoms in total. The monoisotopic (exact) mass is 236 g/mol. The van der Waals surface area contributed by atoms with Crippen LogP contribution in [0, 0.1) is 0 Å². The third-order valence-corrected chi connectivity index (χ3v) is 3.31. The lowest BCUT2D eigenvalue weighted by atomic mass is 10.1. The van der Waals surface area contributed by atoms with Crippen molar-refractivity contribution in [2.45, 2.75) is 6.54 Å². The lowest BCUT2D eigenvalue weighted by molar-refractivity contribution is 0.838. The number of rotatable bonds is 3. The number of nitrogens with one attached hydrogen (secondary N) is 1. The Morgan fingerprint density at radius 3 is 2.61 bits per heavy atom. The van der Waals surface area contributed by atoms with E-state index in [4.69, 9.17) is 0 Å². The molecule has 0 fully saturated rings. The fourth-order valence-corrected chi connectivity index (χ4v) is 2.36. The molecule has 3 rings (SSSR count). The second-order valence-corrected chi connectivity index (χ2v) is 4.41. The number of anilines is 1. The number of nitrogens with zero attached hydrogens (tertiary/aromatic N) is 1. The second kappa shape index (κ2) is 4.57. The summed E-state index contributed by atoms with van der Waals surface area (Å²) in [4.78, 5) is 0. The second-order valence-electron chi connectivity index (χ2n) is 4.41. The molecule has 0 amide bonds. The van der Waals surface area contributed by atoms with E-state index in [0.717, 1.165) is 6.54 Å². The fraction of sp³-hybridized carbons (Fsp3) is 0.125. The molecule has 0 aliphatic carbocycles. The van der Waals surface area contributed by atoms with E-state index in [9.17, 15) is 0 Å². The highest BCUT2D eigenvalue weighted by Crippen LogP contribution is 2.20. The van der Waals surface area contributed by atoms with Gasteiger partial charge in [0.25, 0.3) is 0 Å². The van der Waals surface area contributed by atoms with Crippen molar-refractivity contribution >= 4 is 16.6 Å². The van der Waals surface area contributed by atoms with Crippen LogP contribution < -0.4 is 5.32 Å². The molecule has 0 saturated carbocycles. The average Bonchev–Trinajstić information content (AvgIpc) is 2.83. The van der Waals surface area contributed by atoms with Crippen LogP contribution in [0.4, 0.5) is 5.69 Å². The van der Waals surface area contributed by atoms with Crippen molar-refractivity contribution in [2.75, 3.05) is 12.4 Å². The van der Waals surface area contributed by atoms with Crippen molar-refractivity contribution < 1.29 is 0 Å². The highest BCUT2D eigenvalue weighted by Gasteiger charge is 2.03. The molecule has 18 heavy (non-hydrogen) atoms. The van der Waals surface area contributed by atoms with Crippen LogP contribution in [0.3, 0.4) is 0 Å². The summed E-state index contributed by atoms with van der Waals surface area (Å²) in [5, 5.41) is 4.53. The molecule has 3 aromatic rings. The van der Waals surface area contributed by atoms with Crippen molar-refractivity contribution in [1.82, 2.24) is 4.57 Å². The molecule has 0 atom stereocenters. The highest BCUT2D eigenvalue weighted by molar-refractivity contribution is 5.80. The molecule has 0 unspecified atom stereocenters. The van der Waals surface area contributed by atoms with Gasteiger partial charge in [0.15, 0.2) is 0 Å².